The van der Waals surface area contributed by atoms with Gasteiger partial charge in [-0.1, -0.05) is 75.1 Å². The zero-order valence-electron chi connectivity index (χ0n) is 21.3. The first-order valence-corrected chi connectivity index (χ1v) is 12.6. The van der Waals surface area contributed by atoms with Gasteiger partial charge in [-0.15, -0.1) is 0 Å². The van der Waals surface area contributed by atoms with E-state index < -0.39 is 0 Å². The first-order chi connectivity index (χ1) is 17.5. The molecule has 0 atom stereocenters. The number of ether oxygens (including phenoxy) is 1. The Bertz CT molecular complexity index is 1340. The molecule has 0 N–H and O–H groups in total. The number of allylic oxidation sites excluding steroid dienone is 7. The number of hydrogen-bond acceptors (Lipinski definition) is 5. The quantitative estimate of drug-likeness (QED) is 0.400. The van der Waals surface area contributed by atoms with Gasteiger partial charge in [0.25, 0.3) is 5.95 Å². The zero-order valence-corrected chi connectivity index (χ0v) is 21.3. The van der Waals surface area contributed by atoms with Gasteiger partial charge in [0.2, 0.25) is 0 Å². The van der Waals surface area contributed by atoms with E-state index in [1.807, 2.05) is 36.5 Å². The van der Waals surface area contributed by atoms with Crippen LogP contribution in [-0.4, -0.2) is 46.1 Å². The highest BCUT2D eigenvalue weighted by Crippen LogP contribution is 2.40. The Morgan fingerprint density at radius 3 is 2.58 bits per heavy atom. The minimum atomic E-state index is 0.499. The molecule has 0 radical (unpaired) electrons. The van der Waals surface area contributed by atoms with Crippen molar-refractivity contribution in [2.24, 2.45) is 5.92 Å². The van der Waals surface area contributed by atoms with Gasteiger partial charge in [-0.25, -0.2) is 9.67 Å². The average molecular weight is 480 g/mol. The van der Waals surface area contributed by atoms with Crippen molar-refractivity contribution in [2.75, 3.05) is 31.2 Å². The standard InChI is InChI=1S/C30H33N5O/c1-5-23(13-9-10-21(2)3)25-20-26-28(22(25)4)31-30(32-29(26)34-16-18-36-19-17-34)35-15-14-27(33-35)24-11-7-6-8-12-24/h5-15,21H,1,16-20H2,2-4H3/b10-9-,23-13+. The van der Waals surface area contributed by atoms with Gasteiger partial charge in [-0.3, -0.25) is 0 Å². The lowest BCUT2D eigenvalue weighted by Gasteiger charge is -2.29. The highest BCUT2D eigenvalue weighted by molar-refractivity contribution is 5.81. The smallest absolute Gasteiger partial charge is 0.253 e. The second-order valence-electron chi connectivity index (χ2n) is 9.52. The Labute approximate surface area is 213 Å². The molecular formula is C30H33N5O. The fourth-order valence-corrected chi connectivity index (χ4v) is 4.72. The Morgan fingerprint density at radius 1 is 1.08 bits per heavy atom. The lowest BCUT2D eigenvalue weighted by molar-refractivity contribution is 0.122. The fraction of sp³-hybridized carbons (Fsp3) is 0.300. The van der Waals surface area contributed by atoms with Gasteiger partial charge in [0.15, 0.2) is 0 Å². The van der Waals surface area contributed by atoms with E-state index in [1.54, 1.807) is 4.68 Å². The van der Waals surface area contributed by atoms with E-state index in [9.17, 15) is 0 Å². The summed E-state index contributed by atoms with van der Waals surface area (Å²) in [5.74, 6) is 2.06. The minimum Gasteiger partial charge on any atom is -0.378 e. The molecule has 36 heavy (non-hydrogen) atoms. The molecular weight excluding hydrogens is 446 g/mol. The van der Waals surface area contributed by atoms with Gasteiger partial charge >= 0.3 is 0 Å². The van der Waals surface area contributed by atoms with E-state index in [4.69, 9.17) is 19.8 Å². The van der Waals surface area contributed by atoms with E-state index in [1.165, 1.54) is 16.7 Å². The van der Waals surface area contributed by atoms with Crippen molar-refractivity contribution in [2.45, 2.75) is 27.2 Å². The molecule has 0 unspecified atom stereocenters. The maximum absolute atomic E-state index is 5.63. The fourth-order valence-electron chi connectivity index (χ4n) is 4.72. The number of anilines is 1. The number of aromatic nitrogens is 4. The minimum absolute atomic E-state index is 0.499. The van der Waals surface area contributed by atoms with Crippen molar-refractivity contribution in [3.63, 3.8) is 0 Å². The van der Waals surface area contributed by atoms with Gasteiger partial charge in [0, 0.05) is 36.8 Å². The molecule has 1 fully saturated rings. The largest absolute Gasteiger partial charge is 0.378 e. The van der Waals surface area contributed by atoms with E-state index in [0.717, 1.165) is 47.9 Å². The molecule has 0 spiro atoms. The normalized spacial score (nSPS) is 16.3. The van der Waals surface area contributed by atoms with Gasteiger partial charge in [0.1, 0.15) is 5.82 Å². The first kappa shape index (κ1) is 23.9. The third-order valence-corrected chi connectivity index (χ3v) is 6.65. The lowest BCUT2D eigenvalue weighted by Crippen LogP contribution is -2.37. The molecule has 3 heterocycles. The van der Waals surface area contributed by atoms with Crippen LogP contribution in [0.1, 0.15) is 32.0 Å². The second kappa shape index (κ2) is 10.5. The maximum atomic E-state index is 5.63. The summed E-state index contributed by atoms with van der Waals surface area (Å²) in [6.07, 6.45) is 11.1. The lowest BCUT2D eigenvalue weighted by atomic mass is 10.0. The number of benzene rings is 1. The molecule has 0 amide bonds. The molecule has 0 bridgehead atoms. The summed E-state index contributed by atoms with van der Waals surface area (Å²) in [5.41, 5.74) is 7.68. The number of rotatable bonds is 7. The Kier molecular flexibility index (Phi) is 6.96. The van der Waals surface area contributed by atoms with Crippen LogP contribution < -0.4 is 4.90 Å². The molecule has 6 heteroatoms. The molecule has 0 saturated carbocycles. The van der Waals surface area contributed by atoms with Crippen LogP contribution in [0.2, 0.25) is 0 Å². The number of hydrogen-bond donors (Lipinski definition) is 0. The second-order valence-corrected chi connectivity index (χ2v) is 9.52. The Hall–Kier alpha value is -3.77. The van der Waals surface area contributed by atoms with E-state index in [2.05, 4.69) is 62.6 Å². The summed E-state index contributed by atoms with van der Waals surface area (Å²) in [7, 11) is 0. The SMILES string of the molecule is C=C/C(=C\C=C/C(C)C)C1=C(C)c2nc(-n3ccc(-c4ccccc4)n3)nc(N3CCOCC3)c2C1. The summed E-state index contributed by atoms with van der Waals surface area (Å²) in [6.45, 7) is 13.6. The van der Waals surface area contributed by atoms with Gasteiger partial charge in [-0.05, 0) is 35.6 Å². The molecule has 1 aromatic carbocycles. The molecule has 1 saturated heterocycles. The van der Waals surface area contributed by atoms with Crippen LogP contribution in [0.4, 0.5) is 5.82 Å². The number of fused-ring (bicyclic) bond motifs is 1. The molecule has 6 nitrogen and oxygen atoms in total. The van der Waals surface area contributed by atoms with Crippen LogP contribution in [0.15, 0.2) is 84.6 Å². The molecule has 2 aliphatic rings. The summed E-state index contributed by atoms with van der Waals surface area (Å²) < 4.78 is 7.41. The molecule has 3 aromatic rings. The maximum Gasteiger partial charge on any atom is 0.253 e. The van der Waals surface area contributed by atoms with E-state index in [-0.39, 0.29) is 0 Å². The molecule has 2 aromatic heterocycles. The third-order valence-electron chi connectivity index (χ3n) is 6.65. The highest BCUT2D eigenvalue weighted by atomic mass is 16.5. The molecule has 5 rings (SSSR count). The van der Waals surface area contributed by atoms with Crippen molar-refractivity contribution in [1.82, 2.24) is 19.7 Å². The van der Waals surface area contributed by atoms with Gasteiger partial charge < -0.3 is 9.64 Å². The van der Waals surface area contributed by atoms with Crippen molar-refractivity contribution in [3.8, 4) is 17.2 Å². The number of morpholine rings is 1. The van der Waals surface area contributed by atoms with Crippen molar-refractivity contribution in [1.29, 1.82) is 0 Å². The summed E-state index contributed by atoms with van der Waals surface area (Å²) in [4.78, 5) is 12.4. The zero-order chi connectivity index (χ0) is 25.1. The Balaban J connectivity index is 1.58. The van der Waals surface area contributed by atoms with E-state index >= 15 is 0 Å². The van der Waals surface area contributed by atoms with E-state index in [0.29, 0.717) is 25.1 Å². The predicted molar refractivity (Wildman–Crippen MR) is 146 cm³/mol. The monoisotopic (exact) mass is 479 g/mol. The van der Waals surface area contributed by atoms with Gasteiger partial charge in [0.05, 0.1) is 24.6 Å². The number of nitrogens with zero attached hydrogens (tertiary/aromatic N) is 5. The molecule has 1 aliphatic heterocycles. The van der Waals surface area contributed by atoms with Crippen molar-refractivity contribution >= 4 is 11.4 Å². The van der Waals surface area contributed by atoms with Crippen LogP contribution >= 0.6 is 0 Å². The first-order valence-electron chi connectivity index (χ1n) is 12.6. The van der Waals surface area contributed by atoms with Crippen LogP contribution in [0, 0.1) is 5.92 Å². The molecule has 184 valence electrons. The highest BCUT2D eigenvalue weighted by Gasteiger charge is 2.29. The average Bonchev–Trinajstić information content (AvgIpc) is 3.53. The van der Waals surface area contributed by atoms with Crippen LogP contribution in [0.25, 0.3) is 22.8 Å². The van der Waals surface area contributed by atoms with Crippen LogP contribution in [-0.2, 0) is 11.2 Å². The van der Waals surface area contributed by atoms with Gasteiger partial charge in [-0.2, -0.15) is 10.1 Å². The third kappa shape index (κ3) is 4.82. The summed E-state index contributed by atoms with van der Waals surface area (Å²) in [6, 6.07) is 12.2. The van der Waals surface area contributed by atoms with Crippen molar-refractivity contribution in [3.05, 3.63) is 95.9 Å². The van der Waals surface area contributed by atoms with Crippen LogP contribution in [0.3, 0.4) is 0 Å². The summed E-state index contributed by atoms with van der Waals surface area (Å²) in [5, 5.41) is 4.81. The predicted octanol–water partition coefficient (Wildman–Crippen LogP) is 5.82. The summed E-state index contributed by atoms with van der Waals surface area (Å²) >= 11 is 0. The topological polar surface area (TPSA) is 56.1 Å². The van der Waals surface area contributed by atoms with Crippen molar-refractivity contribution < 1.29 is 4.74 Å². The van der Waals surface area contributed by atoms with Crippen LogP contribution in [0.5, 0.6) is 0 Å². The molecule has 1 aliphatic carbocycles. The Morgan fingerprint density at radius 2 is 1.86 bits per heavy atom.